The van der Waals surface area contributed by atoms with Crippen LogP contribution in [0.2, 0.25) is 0 Å². The topological polar surface area (TPSA) is 26.0 Å². The number of aryl methyl sites for hydroxylation is 1. The van der Waals surface area contributed by atoms with Crippen molar-refractivity contribution in [1.82, 2.24) is 0 Å². The Kier molecular flexibility index (Phi) is 2.27. The first kappa shape index (κ1) is 8.73. The number of rotatable bonds is 3. The molecular formula is C9H12BrNS. The second kappa shape index (κ2) is 3.13. The fourth-order valence-corrected chi connectivity index (χ4v) is 2.75. The Bertz CT molecular complexity index is 278. The van der Waals surface area contributed by atoms with Crippen molar-refractivity contribution in [3.63, 3.8) is 0 Å². The number of nitrogens with two attached hydrogens (primary N) is 1. The zero-order valence-electron chi connectivity index (χ0n) is 6.85. The zero-order chi connectivity index (χ0) is 8.60. The Balaban J connectivity index is 1.87. The fraction of sp³-hybridized carbons (Fsp3) is 0.556. The normalized spacial score (nSPS) is 19.5. The Morgan fingerprint density at radius 1 is 1.50 bits per heavy atom. The molecule has 2 rings (SSSR count). The summed E-state index contributed by atoms with van der Waals surface area (Å²) in [5.41, 5.74) is 6.20. The van der Waals surface area contributed by atoms with E-state index in [2.05, 4.69) is 28.1 Å². The number of hydrogen-bond acceptors (Lipinski definition) is 2. The Morgan fingerprint density at radius 2 is 2.25 bits per heavy atom. The van der Waals surface area contributed by atoms with Gasteiger partial charge in [0, 0.05) is 10.4 Å². The summed E-state index contributed by atoms with van der Waals surface area (Å²) in [6.07, 6.45) is 4.74. The molecule has 1 fully saturated rings. The van der Waals surface area contributed by atoms with Crippen LogP contribution in [-0.2, 0) is 6.42 Å². The van der Waals surface area contributed by atoms with Crippen LogP contribution < -0.4 is 5.73 Å². The van der Waals surface area contributed by atoms with Crippen molar-refractivity contribution in [2.75, 3.05) is 0 Å². The van der Waals surface area contributed by atoms with Gasteiger partial charge in [0.25, 0.3) is 0 Å². The van der Waals surface area contributed by atoms with Crippen LogP contribution in [0.25, 0.3) is 0 Å². The third-order valence-electron chi connectivity index (χ3n) is 2.39. The minimum atomic E-state index is 0.205. The standard InChI is InChI=1S/C9H12BrNS/c10-8-2-1-7(12-8)3-4-9(11)5-6-9/h1-2H,3-6,11H2. The van der Waals surface area contributed by atoms with Gasteiger partial charge in [-0.1, -0.05) is 0 Å². The Hall–Kier alpha value is 0.140. The third-order valence-corrected chi connectivity index (χ3v) is 4.07. The maximum atomic E-state index is 5.99. The van der Waals surface area contributed by atoms with Gasteiger partial charge in [-0.25, -0.2) is 0 Å². The molecule has 0 spiro atoms. The molecule has 0 aliphatic heterocycles. The fourth-order valence-electron chi connectivity index (χ4n) is 1.27. The van der Waals surface area contributed by atoms with Gasteiger partial charge in [-0.2, -0.15) is 0 Å². The zero-order valence-corrected chi connectivity index (χ0v) is 9.25. The second-order valence-corrected chi connectivity index (χ2v) is 6.12. The van der Waals surface area contributed by atoms with Crippen LogP contribution in [0.4, 0.5) is 0 Å². The maximum absolute atomic E-state index is 5.99. The van der Waals surface area contributed by atoms with Crippen LogP contribution in [0, 0.1) is 0 Å². The molecule has 66 valence electrons. The molecule has 1 aliphatic rings. The van der Waals surface area contributed by atoms with Crippen molar-refractivity contribution < 1.29 is 0 Å². The third kappa shape index (κ3) is 2.09. The first-order chi connectivity index (χ1) is 5.68. The molecule has 0 amide bonds. The van der Waals surface area contributed by atoms with Crippen LogP contribution in [0.5, 0.6) is 0 Å². The van der Waals surface area contributed by atoms with Crippen molar-refractivity contribution in [3.8, 4) is 0 Å². The quantitative estimate of drug-likeness (QED) is 0.871. The lowest BCUT2D eigenvalue weighted by Crippen LogP contribution is -2.21. The van der Waals surface area contributed by atoms with Gasteiger partial charge in [0.15, 0.2) is 0 Å². The molecule has 1 aromatic rings. The predicted octanol–water partition coefficient (Wildman–Crippen LogP) is 2.93. The summed E-state index contributed by atoms with van der Waals surface area (Å²) >= 11 is 5.27. The van der Waals surface area contributed by atoms with Gasteiger partial charge in [-0.15, -0.1) is 11.3 Å². The minimum Gasteiger partial charge on any atom is -0.325 e. The van der Waals surface area contributed by atoms with Gasteiger partial charge in [0.05, 0.1) is 3.79 Å². The summed E-state index contributed by atoms with van der Waals surface area (Å²) in [5, 5.41) is 0. The number of thiophene rings is 1. The van der Waals surface area contributed by atoms with Crippen LogP contribution in [0.1, 0.15) is 24.1 Å². The summed E-state index contributed by atoms with van der Waals surface area (Å²) in [7, 11) is 0. The molecule has 1 saturated carbocycles. The van der Waals surface area contributed by atoms with E-state index in [0.717, 1.165) is 12.8 Å². The van der Waals surface area contributed by atoms with Gasteiger partial charge in [-0.05, 0) is 53.7 Å². The van der Waals surface area contributed by atoms with E-state index in [4.69, 9.17) is 5.73 Å². The first-order valence-corrected chi connectivity index (χ1v) is 5.82. The Labute approximate surface area is 85.1 Å². The van der Waals surface area contributed by atoms with E-state index in [0.29, 0.717) is 0 Å². The molecule has 0 radical (unpaired) electrons. The van der Waals surface area contributed by atoms with Crippen LogP contribution in [0.3, 0.4) is 0 Å². The van der Waals surface area contributed by atoms with E-state index in [1.54, 1.807) is 0 Å². The average molecular weight is 246 g/mol. The van der Waals surface area contributed by atoms with Crippen LogP contribution >= 0.6 is 27.3 Å². The molecule has 0 atom stereocenters. The minimum absolute atomic E-state index is 0.205. The number of hydrogen-bond donors (Lipinski definition) is 1. The molecule has 1 aromatic heterocycles. The summed E-state index contributed by atoms with van der Waals surface area (Å²) in [5.74, 6) is 0. The van der Waals surface area contributed by atoms with E-state index in [1.165, 1.54) is 21.5 Å². The van der Waals surface area contributed by atoms with E-state index in [-0.39, 0.29) is 5.54 Å². The smallest absolute Gasteiger partial charge is 0.0701 e. The summed E-state index contributed by atoms with van der Waals surface area (Å²) in [6.45, 7) is 0. The molecule has 0 bridgehead atoms. The van der Waals surface area contributed by atoms with Gasteiger partial charge in [0.2, 0.25) is 0 Å². The van der Waals surface area contributed by atoms with Crippen molar-refractivity contribution in [1.29, 1.82) is 0 Å². The predicted molar refractivity (Wildman–Crippen MR) is 56.5 cm³/mol. The lowest BCUT2D eigenvalue weighted by atomic mass is 10.1. The molecule has 3 heteroatoms. The molecule has 1 aliphatic carbocycles. The second-order valence-electron chi connectivity index (χ2n) is 3.57. The van der Waals surface area contributed by atoms with Crippen molar-refractivity contribution >= 4 is 27.3 Å². The van der Waals surface area contributed by atoms with Crippen molar-refractivity contribution in [2.24, 2.45) is 5.73 Å². The highest BCUT2D eigenvalue weighted by atomic mass is 79.9. The highest BCUT2D eigenvalue weighted by molar-refractivity contribution is 9.11. The van der Waals surface area contributed by atoms with Crippen LogP contribution in [0.15, 0.2) is 15.9 Å². The van der Waals surface area contributed by atoms with Crippen LogP contribution in [-0.4, -0.2) is 5.54 Å². The first-order valence-electron chi connectivity index (χ1n) is 4.21. The Morgan fingerprint density at radius 3 is 2.75 bits per heavy atom. The lowest BCUT2D eigenvalue weighted by Gasteiger charge is -2.05. The van der Waals surface area contributed by atoms with Crippen molar-refractivity contribution in [2.45, 2.75) is 31.2 Å². The van der Waals surface area contributed by atoms with Gasteiger partial charge in [-0.3, -0.25) is 0 Å². The van der Waals surface area contributed by atoms with E-state index in [9.17, 15) is 0 Å². The molecule has 0 aromatic carbocycles. The highest BCUT2D eigenvalue weighted by Crippen LogP contribution is 2.37. The highest BCUT2D eigenvalue weighted by Gasteiger charge is 2.37. The van der Waals surface area contributed by atoms with Crippen molar-refractivity contribution in [3.05, 3.63) is 20.8 Å². The maximum Gasteiger partial charge on any atom is 0.0701 e. The molecule has 1 nitrogen and oxygen atoms in total. The molecule has 2 N–H and O–H groups in total. The van der Waals surface area contributed by atoms with Gasteiger partial charge >= 0.3 is 0 Å². The molecule has 12 heavy (non-hydrogen) atoms. The lowest BCUT2D eigenvalue weighted by molar-refractivity contribution is 0.612. The summed E-state index contributed by atoms with van der Waals surface area (Å²) in [6, 6.07) is 4.29. The van der Waals surface area contributed by atoms with E-state index >= 15 is 0 Å². The molecular weight excluding hydrogens is 234 g/mol. The molecule has 1 heterocycles. The molecule has 0 unspecified atom stereocenters. The summed E-state index contributed by atoms with van der Waals surface area (Å²) in [4.78, 5) is 1.44. The largest absolute Gasteiger partial charge is 0.325 e. The SMILES string of the molecule is NC1(CCc2ccc(Br)s2)CC1. The summed E-state index contributed by atoms with van der Waals surface area (Å²) < 4.78 is 1.22. The number of halogens is 1. The average Bonchev–Trinajstić information content (AvgIpc) is 2.60. The van der Waals surface area contributed by atoms with E-state index < -0.39 is 0 Å². The monoisotopic (exact) mass is 245 g/mol. The van der Waals surface area contributed by atoms with Gasteiger partial charge in [0.1, 0.15) is 0 Å². The molecule has 0 saturated heterocycles. The van der Waals surface area contributed by atoms with E-state index in [1.807, 2.05) is 11.3 Å². The van der Waals surface area contributed by atoms with Gasteiger partial charge < -0.3 is 5.73 Å².